The number of carbonyl (C=O) groups excluding carboxylic acids is 2. The van der Waals surface area contributed by atoms with E-state index in [0.29, 0.717) is 48.6 Å². The van der Waals surface area contributed by atoms with Crippen LogP contribution in [-0.2, 0) is 22.6 Å². The molecule has 2 aliphatic heterocycles. The zero-order chi connectivity index (χ0) is 18.8. The number of amides is 2. The molecule has 0 spiro atoms. The van der Waals surface area contributed by atoms with E-state index in [0.717, 1.165) is 23.5 Å². The molecule has 2 N–H and O–H groups in total. The molecule has 0 unspecified atom stereocenters. The number of hydrogen-bond donors (Lipinski definition) is 2. The fraction of sp³-hybridized carbons (Fsp3) is 0.389. The molecule has 0 saturated heterocycles. The molecule has 27 heavy (non-hydrogen) atoms. The molecule has 9 heteroatoms. The summed E-state index contributed by atoms with van der Waals surface area (Å²) < 4.78 is 11.0. The van der Waals surface area contributed by atoms with Crippen LogP contribution in [0.1, 0.15) is 17.5 Å². The van der Waals surface area contributed by atoms with E-state index in [1.54, 1.807) is 12.1 Å². The molecule has 0 fully saturated rings. The molecule has 3 heterocycles. The van der Waals surface area contributed by atoms with Crippen molar-refractivity contribution in [2.24, 2.45) is 0 Å². The van der Waals surface area contributed by atoms with E-state index in [2.05, 4.69) is 20.5 Å². The molecule has 0 saturated carbocycles. The number of carbonyl (C=O) groups is 2. The normalized spacial score (nSPS) is 15.7. The maximum Gasteiger partial charge on any atom is 0.238 e. The fourth-order valence-corrected chi connectivity index (χ4v) is 4.21. The lowest BCUT2D eigenvalue weighted by atomic mass is 10.2. The summed E-state index contributed by atoms with van der Waals surface area (Å²) in [6.45, 7) is 4.22. The number of thiazole rings is 1. The zero-order valence-electron chi connectivity index (χ0n) is 14.9. The van der Waals surface area contributed by atoms with Gasteiger partial charge in [0, 0.05) is 43.1 Å². The predicted octanol–water partition coefficient (Wildman–Crippen LogP) is 1.87. The Balaban J connectivity index is 1.35. The number of anilines is 2. The Morgan fingerprint density at radius 1 is 1.22 bits per heavy atom. The van der Waals surface area contributed by atoms with E-state index >= 15 is 0 Å². The van der Waals surface area contributed by atoms with Gasteiger partial charge in [0.1, 0.15) is 13.2 Å². The Kier molecular flexibility index (Phi) is 4.95. The van der Waals surface area contributed by atoms with Crippen LogP contribution in [0.25, 0.3) is 0 Å². The average molecular weight is 388 g/mol. The van der Waals surface area contributed by atoms with Crippen LogP contribution in [0.3, 0.4) is 0 Å². The van der Waals surface area contributed by atoms with E-state index in [-0.39, 0.29) is 11.8 Å². The van der Waals surface area contributed by atoms with Crippen molar-refractivity contribution >= 4 is 34.0 Å². The first kappa shape index (κ1) is 17.7. The molecule has 0 atom stereocenters. The molecule has 0 radical (unpaired) electrons. The van der Waals surface area contributed by atoms with Crippen LogP contribution >= 0.6 is 11.3 Å². The van der Waals surface area contributed by atoms with Gasteiger partial charge in [-0.1, -0.05) is 0 Å². The highest BCUT2D eigenvalue weighted by molar-refractivity contribution is 7.15. The zero-order valence-corrected chi connectivity index (χ0v) is 15.7. The minimum atomic E-state index is -0.128. The molecular weight excluding hydrogens is 368 g/mol. The van der Waals surface area contributed by atoms with Gasteiger partial charge in [0.25, 0.3) is 0 Å². The summed E-state index contributed by atoms with van der Waals surface area (Å²) in [6.07, 6.45) is 0.767. The Morgan fingerprint density at radius 2 is 2.04 bits per heavy atom. The number of benzene rings is 1. The molecule has 142 valence electrons. The van der Waals surface area contributed by atoms with Gasteiger partial charge in [-0.25, -0.2) is 4.98 Å². The standard InChI is InChI=1S/C18H20N4O4S/c1-11(23)19-18-21-13-4-5-22(9-16(13)27-18)10-17(24)20-12-2-3-14-15(8-12)26-7-6-25-14/h2-3,8H,4-7,9-10H2,1H3,(H,20,24)(H,19,21,23). The molecule has 2 amide bonds. The third-order valence-electron chi connectivity index (χ3n) is 4.29. The minimum Gasteiger partial charge on any atom is -0.486 e. The van der Waals surface area contributed by atoms with Crippen LogP contribution in [0.5, 0.6) is 11.5 Å². The Hall–Kier alpha value is -2.65. The van der Waals surface area contributed by atoms with Gasteiger partial charge >= 0.3 is 0 Å². The summed E-state index contributed by atoms with van der Waals surface area (Å²) in [5.74, 6) is 1.14. The lowest BCUT2D eigenvalue weighted by Gasteiger charge is -2.25. The number of nitrogens with zero attached hydrogens (tertiary/aromatic N) is 2. The largest absolute Gasteiger partial charge is 0.486 e. The summed E-state index contributed by atoms with van der Waals surface area (Å²) >= 11 is 1.47. The first-order chi connectivity index (χ1) is 13.1. The van der Waals surface area contributed by atoms with E-state index in [1.165, 1.54) is 18.3 Å². The highest BCUT2D eigenvalue weighted by atomic mass is 32.1. The van der Waals surface area contributed by atoms with Crippen molar-refractivity contribution in [1.29, 1.82) is 0 Å². The molecule has 2 aliphatic rings. The molecule has 0 bridgehead atoms. The van der Waals surface area contributed by atoms with Crippen molar-refractivity contribution < 1.29 is 19.1 Å². The van der Waals surface area contributed by atoms with Gasteiger partial charge in [-0.15, -0.1) is 11.3 Å². The first-order valence-corrected chi connectivity index (χ1v) is 9.56. The molecular formula is C18H20N4O4S. The number of fused-ring (bicyclic) bond motifs is 2. The second kappa shape index (κ2) is 7.53. The number of ether oxygens (including phenoxy) is 2. The van der Waals surface area contributed by atoms with Crippen molar-refractivity contribution in [2.45, 2.75) is 19.9 Å². The van der Waals surface area contributed by atoms with Crippen LogP contribution in [0.15, 0.2) is 18.2 Å². The van der Waals surface area contributed by atoms with Crippen molar-refractivity contribution in [2.75, 3.05) is 36.9 Å². The third kappa shape index (κ3) is 4.20. The average Bonchev–Trinajstić information content (AvgIpc) is 3.02. The van der Waals surface area contributed by atoms with E-state index in [9.17, 15) is 9.59 Å². The Morgan fingerprint density at radius 3 is 2.85 bits per heavy atom. The smallest absolute Gasteiger partial charge is 0.238 e. The summed E-state index contributed by atoms with van der Waals surface area (Å²) in [5, 5.41) is 6.25. The minimum absolute atomic E-state index is 0.0817. The van der Waals surface area contributed by atoms with Crippen molar-refractivity contribution in [3.8, 4) is 11.5 Å². The van der Waals surface area contributed by atoms with Gasteiger partial charge in [0.05, 0.1) is 12.2 Å². The van der Waals surface area contributed by atoms with Crippen LogP contribution in [-0.4, -0.2) is 48.0 Å². The molecule has 4 rings (SSSR count). The number of rotatable bonds is 4. The Bertz CT molecular complexity index is 882. The van der Waals surface area contributed by atoms with Crippen LogP contribution < -0.4 is 20.1 Å². The summed E-state index contributed by atoms with van der Waals surface area (Å²) in [6, 6.07) is 5.39. The number of nitrogens with one attached hydrogen (secondary N) is 2. The lowest BCUT2D eigenvalue weighted by molar-refractivity contribution is -0.117. The highest BCUT2D eigenvalue weighted by Gasteiger charge is 2.23. The van der Waals surface area contributed by atoms with Gasteiger partial charge in [-0.2, -0.15) is 0 Å². The molecule has 1 aromatic carbocycles. The van der Waals surface area contributed by atoms with Gasteiger partial charge in [-0.3, -0.25) is 14.5 Å². The highest BCUT2D eigenvalue weighted by Crippen LogP contribution is 2.32. The maximum atomic E-state index is 12.4. The third-order valence-corrected chi connectivity index (χ3v) is 5.28. The van der Waals surface area contributed by atoms with Crippen LogP contribution in [0.4, 0.5) is 10.8 Å². The van der Waals surface area contributed by atoms with Gasteiger partial charge in [0.2, 0.25) is 11.8 Å². The quantitative estimate of drug-likeness (QED) is 0.831. The summed E-state index contributed by atoms with van der Waals surface area (Å²) in [4.78, 5) is 31.2. The SMILES string of the molecule is CC(=O)Nc1nc2c(s1)CN(CC(=O)Nc1ccc3c(c1)OCCO3)CC2. The van der Waals surface area contributed by atoms with Crippen molar-refractivity contribution in [3.63, 3.8) is 0 Å². The molecule has 1 aromatic heterocycles. The van der Waals surface area contributed by atoms with Crippen LogP contribution in [0, 0.1) is 0 Å². The molecule has 2 aromatic rings. The molecule has 8 nitrogen and oxygen atoms in total. The van der Waals surface area contributed by atoms with Gasteiger partial charge in [0.15, 0.2) is 16.6 Å². The summed E-state index contributed by atoms with van der Waals surface area (Å²) in [7, 11) is 0. The van der Waals surface area contributed by atoms with Crippen LogP contribution in [0.2, 0.25) is 0 Å². The number of aromatic nitrogens is 1. The second-order valence-electron chi connectivity index (χ2n) is 6.44. The summed E-state index contributed by atoms with van der Waals surface area (Å²) in [5.41, 5.74) is 1.69. The predicted molar refractivity (Wildman–Crippen MR) is 101 cm³/mol. The molecule has 0 aliphatic carbocycles. The first-order valence-electron chi connectivity index (χ1n) is 8.75. The van der Waals surface area contributed by atoms with E-state index in [1.807, 2.05) is 6.07 Å². The monoisotopic (exact) mass is 388 g/mol. The van der Waals surface area contributed by atoms with Gasteiger partial charge < -0.3 is 20.1 Å². The van der Waals surface area contributed by atoms with Crippen molar-refractivity contribution in [1.82, 2.24) is 9.88 Å². The van der Waals surface area contributed by atoms with E-state index < -0.39 is 0 Å². The lowest BCUT2D eigenvalue weighted by Crippen LogP contribution is -2.36. The second-order valence-corrected chi connectivity index (χ2v) is 7.52. The van der Waals surface area contributed by atoms with Crippen molar-refractivity contribution in [3.05, 3.63) is 28.8 Å². The maximum absolute atomic E-state index is 12.4. The topological polar surface area (TPSA) is 92.8 Å². The fourth-order valence-electron chi connectivity index (χ4n) is 3.11. The van der Waals surface area contributed by atoms with E-state index in [4.69, 9.17) is 9.47 Å². The van der Waals surface area contributed by atoms with Gasteiger partial charge in [-0.05, 0) is 12.1 Å². The Labute approximate surface area is 160 Å². The number of hydrogen-bond acceptors (Lipinski definition) is 7.